The second kappa shape index (κ2) is 6.12. The number of allylic oxidation sites excluding steroid dienone is 4. The van der Waals surface area contributed by atoms with Crippen LogP contribution in [0.2, 0.25) is 0 Å². The molecule has 0 aromatic rings. The second-order valence-electron chi connectivity index (χ2n) is 9.98. The molecular formula is C23H32O4. The predicted octanol–water partition coefficient (Wildman–Crippen LogP) is 3.22. The Balaban J connectivity index is 1.79. The highest BCUT2D eigenvalue weighted by molar-refractivity contribution is 6.01. The van der Waals surface area contributed by atoms with Gasteiger partial charge in [-0.2, -0.15) is 0 Å². The average molecular weight is 373 g/mol. The number of hydrogen-bond acceptors (Lipinski definition) is 4. The van der Waals surface area contributed by atoms with E-state index in [0.29, 0.717) is 18.3 Å². The summed E-state index contributed by atoms with van der Waals surface area (Å²) in [5.74, 6) is 0.494. The fourth-order valence-corrected chi connectivity index (χ4v) is 7.47. The number of hydrogen-bond donors (Lipinski definition) is 2. The summed E-state index contributed by atoms with van der Waals surface area (Å²) in [6.45, 7) is 6.15. The lowest BCUT2D eigenvalue weighted by Crippen LogP contribution is -2.65. The van der Waals surface area contributed by atoms with Crippen molar-refractivity contribution >= 4 is 11.6 Å². The SMILES string of the molecule is CC12[C@@H](O)C[C@]3(C)C(C(=O)CO)CCCC3[C@@H]1CCC1=CC(=O)C=C[C@@]12C. The van der Waals surface area contributed by atoms with Crippen molar-refractivity contribution in [2.75, 3.05) is 6.61 Å². The van der Waals surface area contributed by atoms with Gasteiger partial charge in [0, 0.05) is 16.7 Å². The normalized spacial score (nSPS) is 48.9. The number of aliphatic hydroxyl groups is 2. The lowest BCUT2D eigenvalue weighted by atomic mass is 9.37. The molecule has 0 amide bonds. The van der Waals surface area contributed by atoms with Crippen molar-refractivity contribution in [3.8, 4) is 0 Å². The van der Waals surface area contributed by atoms with Crippen LogP contribution in [0.15, 0.2) is 23.8 Å². The maximum atomic E-state index is 12.5. The van der Waals surface area contributed by atoms with Crippen LogP contribution < -0.4 is 0 Å². The van der Waals surface area contributed by atoms with E-state index in [1.807, 2.05) is 6.08 Å². The zero-order chi connectivity index (χ0) is 19.6. The fourth-order valence-electron chi connectivity index (χ4n) is 7.47. The summed E-state index contributed by atoms with van der Waals surface area (Å²) in [6, 6.07) is 0. The van der Waals surface area contributed by atoms with Crippen molar-refractivity contribution in [2.24, 2.45) is 34.0 Å². The van der Waals surface area contributed by atoms with Crippen LogP contribution in [-0.4, -0.2) is 34.5 Å². The Bertz CT molecular complexity index is 737. The Hall–Kier alpha value is -1.26. The number of Topliss-reactive ketones (excluding diaryl/α,β-unsaturated/α-hetero) is 1. The van der Waals surface area contributed by atoms with E-state index in [0.717, 1.165) is 37.7 Å². The zero-order valence-electron chi connectivity index (χ0n) is 16.7. The first kappa shape index (κ1) is 19.1. The van der Waals surface area contributed by atoms with E-state index in [-0.39, 0.29) is 33.7 Å². The van der Waals surface area contributed by atoms with Crippen molar-refractivity contribution in [1.29, 1.82) is 0 Å². The number of rotatable bonds is 2. The first-order chi connectivity index (χ1) is 12.7. The third-order valence-corrected chi connectivity index (χ3v) is 9.19. The summed E-state index contributed by atoms with van der Waals surface area (Å²) in [4.78, 5) is 24.5. The molecular weight excluding hydrogens is 340 g/mol. The summed E-state index contributed by atoms with van der Waals surface area (Å²) < 4.78 is 0. The molecule has 148 valence electrons. The molecule has 0 bridgehead atoms. The molecule has 7 atom stereocenters. The van der Waals surface area contributed by atoms with Crippen molar-refractivity contribution < 1.29 is 19.8 Å². The molecule has 0 spiro atoms. The van der Waals surface area contributed by atoms with Crippen LogP contribution in [0.4, 0.5) is 0 Å². The van der Waals surface area contributed by atoms with E-state index in [1.165, 1.54) is 0 Å². The van der Waals surface area contributed by atoms with Gasteiger partial charge in [-0.3, -0.25) is 9.59 Å². The standard InChI is InChI=1S/C23H32O4/c1-21-12-20(27)23(3)17(16(21)5-4-6-18(21)19(26)13-24)8-7-14-11-15(25)9-10-22(14,23)2/h9-11,16-18,20,24,27H,4-8,12-13H2,1-3H3/t16?,17-,18?,20-,21-,22-,23?/m0/s1. The quantitative estimate of drug-likeness (QED) is 0.780. The van der Waals surface area contributed by atoms with Crippen LogP contribution in [-0.2, 0) is 9.59 Å². The van der Waals surface area contributed by atoms with Gasteiger partial charge in [0.05, 0.1) is 6.10 Å². The van der Waals surface area contributed by atoms with E-state index in [9.17, 15) is 19.8 Å². The van der Waals surface area contributed by atoms with Crippen molar-refractivity contribution in [3.05, 3.63) is 23.8 Å². The Morgan fingerprint density at radius 3 is 2.63 bits per heavy atom. The molecule has 4 rings (SSSR count). The van der Waals surface area contributed by atoms with E-state index in [2.05, 4.69) is 20.8 Å². The van der Waals surface area contributed by atoms with Crippen LogP contribution in [0, 0.1) is 34.0 Å². The number of carbonyl (C=O) groups excluding carboxylic acids is 2. The molecule has 0 heterocycles. The van der Waals surface area contributed by atoms with Gasteiger partial charge in [0.2, 0.25) is 0 Å². The summed E-state index contributed by atoms with van der Waals surface area (Å²) >= 11 is 0. The highest BCUT2D eigenvalue weighted by atomic mass is 16.3. The molecule has 4 aliphatic carbocycles. The molecule has 3 saturated carbocycles. The summed E-state index contributed by atoms with van der Waals surface area (Å²) in [6.07, 6.45) is 10.3. The first-order valence-corrected chi connectivity index (χ1v) is 10.4. The molecule has 4 heteroatoms. The minimum Gasteiger partial charge on any atom is -0.392 e. The molecule has 3 unspecified atom stereocenters. The molecule has 4 aliphatic rings. The minimum atomic E-state index is -0.539. The topological polar surface area (TPSA) is 74.6 Å². The number of aliphatic hydroxyl groups excluding tert-OH is 2. The first-order valence-electron chi connectivity index (χ1n) is 10.4. The van der Waals surface area contributed by atoms with Crippen LogP contribution in [0.25, 0.3) is 0 Å². The fraction of sp³-hybridized carbons (Fsp3) is 0.739. The maximum Gasteiger partial charge on any atom is 0.178 e. The molecule has 3 fully saturated rings. The highest BCUT2D eigenvalue weighted by Crippen LogP contribution is 2.70. The van der Waals surface area contributed by atoms with Crippen molar-refractivity contribution in [1.82, 2.24) is 0 Å². The molecule has 0 saturated heterocycles. The van der Waals surface area contributed by atoms with Crippen LogP contribution >= 0.6 is 0 Å². The third-order valence-electron chi connectivity index (χ3n) is 9.19. The zero-order valence-corrected chi connectivity index (χ0v) is 16.7. The smallest absolute Gasteiger partial charge is 0.178 e. The molecule has 0 aliphatic heterocycles. The van der Waals surface area contributed by atoms with Gasteiger partial charge in [0.15, 0.2) is 11.6 Å². The molecule has 0 aromatic carbocycles. The van der Waals surface area contributed by atoms with Gasteiger partial charge in [-0.15, -0.1) is 0 Å². The van der Waals surface area contributed by atoms with E-state index < -0.39 is 12.7 Å². The number of ketones is 2. The predicted molar refractivity (Wildman–Crippen MR) is 103 cm³/mol. The molecule has 4 nitrogen and oxygen atoms in total. The maximum absolute atomic E-state index is 12.5. The second-order valence-corrected chi connectivity index (χ2v) is 9.98. The summed E-state index contributed by atoms with van der Waals surface area (Å²) in [7, 11) is 0. The number of fused-ring (bicyclic) bond motifs is 5. The Labute approximate surface area is 161 Å². The van der Waals surface area contributed by atoms with E-state index in [1.54, 1.807) is 12.2 Å². The average Bonchev–Trinajstić information content (AvgIpc) is 2.63. The monoisotopic (exact) mass is 372 g/mol. The lowest BCUT2D eigenvalue weighted by molar-refractivity contribution is -0.201. The van der Waals surface area contributed by atoms with Crippen LogP contribution in [0.1, 0.15) is 59.3 Å². The van der Waals surface area contributed by atoms with Gasteiger partial charge in [-0.1, -0.05) is 38.8 Å². The highest BCUT2D eigenvalue weighted by Gasteiger charge is 2.66. The molecule has 0 aromatic heterocycles. The van der Waals surface area contributed by atoms with Crippen molar-refractivity contribution in [3.63, 3.8) is 0 Å². The molecule has 2 N–H and O–H groups in total. The van der Waals surface area contributed by atoms with Gasteiger partial charge in [0.25, 0.3) is 0 Å². The van der Waals surface area contributed by atoms with E-state index >= 15 is 0 Å². The van der Waals surface area contributed by atoms with Gasteiger partial charge in [0.1, 0.15) is 6.61 Å². The van der Waals surface area contributed by atoms with Crippen LogP contribution in [0.3, 0.4) is 0 Å². The third kappa shape index (κ3) is 2.35. The minimum absolute atomic E-state index is 0.0472. The van der Waals surface area contributed by atoms with Gasteiger partial charge >= 0.3 is 0 Å². The van der Waals surface area contributed by atoms with Gasteiger partial charge in [-0.05, 0) is 61.5 Å². The Kier molecular flexibility index (Phi) is 4.32. The Morgan fingerprint density at radius 2 is 1.93 bits per heavy atom. The molecule has 0 radical (unpaired) electrons. The van der Waals surface area contributed by atoms with Crippen molar-refractivity contribution in [2.45, 2.75) is 65.4 Å². The summed E-state index contributed by atoms with van der Waals surface area (Å²) in [5, 5.41) is 21.0. The Morgan fingerprint density at radius 1 is 1.19 bits per heavy atom. The summed E-state index contributed by atoms with van der Waals surface area (Å²) in [5.41, 5.74) is 0.226. The van der Waals surface area contributed by atoms with Crippen LogP contribution in [0.5, 0.6) is 0 Å². The van der Waals surface area contributed by atoms with Gasteiger partial charge in [-0.25, -0.2) is 0 Å². The van der Waals surface area contributed by atoms with Gasteiger partial charge < -0.3 is 10.2 Å². The largest absolute Gasteiger partial charge is 0.392 e. The van der Waals surface area contributed by atoms with E-state index in [4.69, 9.17) is 0 Å². The number of carbonyl (C=O) groups is 2. The molecule has 27 heavy (non-hydrogen) atoms. The lowest BCUT2D eigenvalue weighted by Gasteiger charge is -2.67.